The van der Waals surface area contributed by atoms with E-state index in [0.717, 1.165) is 32.1 Å². The first kappa shape index (κ1) is 24.9. The number of carbonyl (C=O) groups excluding carboxylic acids is 1. The Morgan fingerprint density at radius 1 is 0.885 bits per heavy atom. The minimum Gasteiger partial charge on any atom is -0.465 e. The van der Waals surface area contributed by atoms with Crippen molar-refractivity contribution in [1.82, 2.24) is 0 Å². The first-order chi connectivity index (χ1) is 12.3. The Bertz CT molecular complexity index is 394. The molecule has 4 nitrogen and oxygen atoms in total. The third kappa shape index (κ3) is 16.4. The molecule has 0 aromatic rings. The van der Waals surface area contributed by atoms with Gasteiger partial charge in [-0.05, 0) is 36.5 Å². The van der Waals surface area contributed by atoms with E-state index in [2.05, 4.69) is 53.4 Å². The third-order valence-corrected chi connectivity index (χ3v) is 3.79. The molecular formula is C22H40O4. The lowest BCUT2D eigenvalue weighted by molar-refractivity contribution is -0.145. The van der Waals surface area contributed by atoms with E-state index in [-0.39, 0.29) is 5.97 Å². The molecule has 0 amide bonds. The Kier molecular flexibility index (Phi) is 15.5. The van der Waals surface area contributed by atoms with Gasteiger partial charge in [-0.1, -0.05) is 60.3 Å². The van der Waals surface area contributed by atoms with Gasteiger partial charge in [-0.3, -0.25) is 4.79 Å². The maximum absolute atomic E-state index is 11.6. The Labute approximate surface area is 161 Å². The van der Waals surface area contributed by atoms with Crippen LogP contribution in [0.3, 0.4) is 0 Å². The molecule has 26 heavy (non-hydrogen) atoms. The van der Waals surface area contributed by atoms with Crippen LogP contribution in [-0.2, 0) is 19.0 Å². The molecule has 1 unspecified atom stereocenters. The molecule has 0 aliphatic carbocycles. The molecule has 0 radical (unpaired) electrons. The summed E-state index contributed by atoms with van der Waals surface area (Å²) in [4.78, 5) is 11.6. The molecule has 0 heterocycles. The van der Waals surface area contributed by atoms with Crippen LogP contribution in [0.2, 0.25) is 0 Å². The van der Waals surface area contributed by atoms with Crippen molar-refractivity contribution in [2.24, 2.45) is 17.8 Å². The average molecular weight is 369 g/mol. The predicted octanol–water partition coefficient (Wildman–Crippen LogP) is 5.20. The van der Waals surface area contributed by atoms with Gasteiger partial charge in [0.05, 0.1) is 19.8 Å². The molecule has 0 bridgehead atoms. The van der Waals surface area contributed by atoms with Gasteiger partial charge in [0.2, 0.25) is 6.29 Å². The summed E-state index contributed by atoms with van der Waals surface area (Å²) in [5, 5.41) is 0. The second-order valence-electron chi connectivity index (χ2n) is 7.86. The van der Waals surface area contributed by atoms with Crippen LogP contribution in [0.25, 0.3) is 0 Å². The van der Waals surface area contributed by atoms with Crippen LogP contribution >= 0.6 is 0 Å². The van der Waals surface area contributed by atoms with Crippen molar-refractivity contribution in [2.45, 2.75) is 86.4 Å². The van der Waals surface area contributed by atoms with E-state index in [1.165, 1.54) is 0 Å². The van der Waals surface area contributed by atoms with Gasteiger partial charge in [0.25, 0.3) is 0 Å². The lowest BCUT2D eigenvalue weighted by Gasteiger charge is -2.16. The number of hydrogen-bond acceptors (Lipinski definition) is 4. The Hall–Kier alpha value is -1.05. The molecule has 0 fully saturated rings. The van der Waals surface area contributed by atoms with Crippen molar-refractivity contribution in [3.63, 3.8) is 0 Å². The number of rotatable bonds is 14. The minimum absolute atomic E-state index is 0.0828. The molecule has 0 spiro atoms. The SMILES string of the molecule is CCC(C)COC(=O)CCCCCC#CC(OCC(C)C)OCC(C)C. The monoisotopic (exact) mass is 368 g/mol. The maximum atomic E-state index is 11.6. The van der Waals surface area contributed by atoms with Crippen molar-refractivity contribution in [3.8, 4) is 11.8 Å². The summed E-state index contributed by atoms with van der Waals surface area (Å²) in [6, 6.07) is 0. The lowest BCUT2D eigenvalue weighted by atomic mass is 10.1. The van der Waals surface area contributed by atoms with E-state index in [1.807, 2.05) is 0 Å². The smallest absolute Gasteiger partial charge is 0.305 e. The first-order valence-corrected chi connectivity index (χ1v) is 10.2. The van der Waals surface area contributed by atoms with Gasteiger partial charge < -0.3 is 14.2 Å². The van der Waals surface area contributed by atoms with Crippen LogP contribution < -0.4 is 0 Å². The van der Waals surface area contributed by atoms with Gasteiger partial charge in [-0.2, -0.15) is 0 Å². The van der Waals surface area contributed by atoms with E-state index >= 15 is 0 Å². The third-order valence-electron chi connectivity index (χ3n) is 3.79. The topological polar surface area (TPSA) is 44.8 Å². The molecule has 1 atom stereocenters. The largest absolute Gasteiger partial charge is 0.465 e. The molecule has 0 saturated heterocycles. The Morgan fingerprint density at radius 3 is 2.04 bits per heavy atom. The molecule has 0 rings (SSSR count). The highest BCUT2D eigenvalue weighted by molar-refractivity contribution is 5.69. The van der Waals surface area contributed by atoms with Gasteiger partial charge >= 0.3 is 5.97 Å². The fourth-order valence-electron chi connectivity index (χ4n) is 1.93. The van der Waals surface area contributed by atoms with E-state index < -0.39 is 6.29 Å². The number of unbranched alkanes of at least 4 members (excludes halogenated alkanes) is 3. The van der Waals surface area contributed by atoms with Gasteiger partial charge in [0.15, 0.2) is 0 Å². The molecule has 0 aromatic heterocycles. The molecule has 0 aliphatic rings. The van der Waals surface area contributed by atoms with E-state index in [0.29, 0.717) is 44.0 Å². The number of esters is 1. The number of ether oxygens (including phenoxy) is 3. The van der Waals surface area contributed by atoms with Crippen LogP contribution in [0.4, 0.5) is 0 Å². The predicted molar refractivity (Wildman–Crippen MR) is 107 cm³/mol. The summed E-state index contributed by atoms with van der Waals surface area (Å²) in [6.07, 6.45) is 4.72. The Morgan fingerprint density at radius 2 is 1.50 bits per heavy atom. The standard InChI is InChI=1S/C22H40O4/c1-7-20(6)17-24-21(23)13-11-9-8-10-12-14-22(25-15-18(2)3)26-16-19(4)5/h18-20,22H,7-11,13,15-17H2,1-6H3. The normalized spacial score (nSPS) is 12.3. The van der Waals surface area contributed by atoms with E-state index in [1.54, 1.807) is 0 Å². The molecule has 0 aromatic carbocycles. The molecule has 4 heteroatoms. The van der Waals surface area contributed by atoms with Crippen molar-refractivity contribution < 1.29 is 19.0 Å². The zero-order valence-electron chi connectivity index (χ0n) is 17.8. The molecule has 152 valence electrons. The van der Waals surface area contributed by atoms with Crippen molar-refractivity contribution in [1.29, 1.82) is 0 Å². The molecule has 0 N–H and O–H groups in total. The highest BCUT2D eigenvalue weighted by Crippen LogP contribution is 2.07. The van der Waals surface area contributed by atoms with Crippen molar-refractivity contribution >= 4 is 5.97 Å². The molecule has 0 aliphatic heterocycles. The fourth-order valence-corrected chi connectivity index (χ4v) is 1.93. The summed E-state index contributed by atoms with van der Waals surface area (Å²) in [7, 11) is 0. The Balaban J connectivity index is 3.91. The summed E-state index contributed by atoms with van der Waals surface area (Å²) >= 11 is 0. The summed E-state index contributed by atoms with van der Waals surface area (Å²) < 4.78 is 16.7. The summed E-state index contributed by atoms with van der Waals surface area (Å²) in [5.74, 6) is 7.52. The second-order valence-corrected chi connectivity index (χ2v) is 7.86. The highest BCUT2D eigenvalue weighted by Gasteiger charge is 2.08. The van der Waals surface area contributed by atoms with Gasteiger partial charge in [-0.25, -0.2) is 0 Å². The van der Waals surface area contributed by atoms with Crippen molar-refractivity contribution in [3.05, 3.63) is 0 Å². The second kappa shape index (κ2) is 16.1. The zero-order valence-corrected chi connectivity index (χ0v) is 17.8. The lowest BCUT2D eigenvalue weighted by Crippen LogP contribution is -2.20. The molecule has 0 saturated carbocycles. The van der Waals surface area contributed by atoms with Crippen LogP contribution in [-0.4, -0.2) is 32.1 Å². The zero-order chi connectivity index (χ0) is 19.8. The summed E-state index contributed by atoms with van der Waals surface area (Å²) in [6.45, 7) is 14.5. The minimum atomic E-state index is -0.435. The van der Waals surface area contributed by atoms with Gasteiger partial charge in [-0.15, -0.1) is 0 Å². The van der Waals surface area contributed by atoms with Gasteiger partial charge in [0, 0.05) is 12.8 Å². The number of carbonyl (C=O) groups is 1. The molecular weight excluding hydrogens is 328 g/mol. The summed E-state index contributed by atoms with van der Waals surface area (Å²) in [5.41, 5.74) is 0. The van der Waals surface area contributed by atoms with Gasteiger partial charge in [0.1, 0.15) is 0 Å². The van der Waals surface area contributed by atoms with Crippen LogP contribution in [0.15, 0.2) is 0 Å². The highest BCUT2D eigenvalue weighted by atomic mass is 16.7. The maximum Gasteiger partial charge on any atom is 0.305 e. The van der Waals surface area contributed by atoms with Crippen LogP contribution in [0.5, 0.6) is 0 Å². The van der Waals surface area contributed by atoms with E-state index in [9.17, 15) is 4.79 Å². The van der Waals surface area contributed by atoms with Crippen molar-refractivity contribution in [2.75, 3.05) is 19.8 Å². The quantitative estimate of drug-likeness (QED) is 0.183. The van der Waals surface area contributed by atoms with Crippen LogP contribution in [0, 0.1) is 29.6 Å². The average Bonchev–Trinajstić information content (AvgIpc) is 2.59. The first-order valence-electron chi connectivity index (χ1n) is 10.2. The van der Waals surface area contributed by atoms with Crippen LogP contribution in [0.1, 0.15) is 80.1 Å². The van der Waals surface area contributed by atoms with E-state index in [4.69, 9.17) is 14.2 Å². The number of hydrogen-bond donors (Lipinski definition) is 0. The fraction of sp³-hybridized carbons (Fsp3) is 0.864.